The van der Waals surface area contributed by atoms with E-state index >= 15 is 0 Å². The van der Waals surface area contributed by atoms with Crippen molar-refractivity contribution in [3.8, 4) is 11.5 Å². The average Bonchev–Trinajstić information content (AvgIpc) is 2.73. The largest absolute Gasteiger partial charge is 0.457 e. The van der Waals surface area contributed by atoms with Gasteiger partial charge in [0.25, 0.3) is 0 Å². The maximum Gasteiger partial charge on any atom is 0.416 e. The lowest BCUT2D eigenvalue weighted by molar-refractivity contribution is -0.143. The zero-order chi connectivity index (χ0) is 24.0. The summed E-state index contributed by atoms with van der Waals surface area (Å²) in [7, 11) is 0. The highest BCUT2D eigenvalue weighted by atomic mass is 19.4. The number of alkyl halides is 6. The molecule has 0 aromatic heterocycles. The first-order chi connectivity index (χ1) is 15.4. The number of ether oxygens (including phenoxy) is 1. The van der Waals surface area contributed by atoms with Gasteiger partial charge in [-0.1, -0.05) is 50.2 Å². The van der Waals surface area contributed by atoms with E-state index in [4.69, 9.17) is 4.74 Å². The minimum atomic E-state index is -4.96. The van der Waals surface area contributed by atoms with E-state index in [0.29, 0.717) is 30.0 Å². The zero-order valence-corrected chi connectivity index (χ0v) is 17.7. The van der Waals surface area contributed by atoms with Crippen molar-refractivity contribution in [2.75, 3.05) is 6.54 Å². The van der Waals surface area contributed by atoms with E-state index in [9.17, 15) is 26.3 Å². The molecule has 0 bridgehead atoms. The van der Waals surface area contributed by atoms with Crippen LogP contribution in [0.5, 0.6) is 11.5 Å². The van der Waals surface area contributed by atoms with Crippen LogP contribution in [0, 0.1) is 0 Å². The molecule has 0 amide bonds. The highest BCUT2D eigenvalue weighted by molar-refractivity contribution is 6.16. The van der Waals surface area contributed by atoms with Crippen LogP contribution >= 0.6 is 0 Å². The van der Waals surface area contributed by atoms with Crippen LogP contribution in [0.4, 0.5) is 26.3 Å². The number of hydrogen-bond acceptors (Lipinski definition) is 2. The number of hydrogen-bond donors (Lipinski definition) is 0. The fraction of sp³-hybridized carbons (Fsp3) is 0.240. The number of nitrogens with zero attached hydrogens (tertiary/aromatic N) is 1. The number of benzene rings is 3. The summed E-state index contributed by atoms with van der Waals surface area (Å²) in [4.78, 5) is 4.69. The molecule has 2 nitrogen and oxygen atoms in total. The Kier molecular flexibility index (Phi) is 5.50. The molecule has 0 aliphatic carbocycles. The Hall–Kier alpha value is -3.29. The van der Waals surface area contributed by atoms with Gasteiger partial charge in [0.05, 0.1) is 16.8 Å². The molecule has 0 radical (unpaired) electrons. The van der Waals surface area contributed by atoms with Crippen LogP contribution in [0.1, 0.15) is 41.7 Å². The summed E-state index contributed by atoms with van der Waals surface area (Å²) >= 11 is 0. The van der Waals surface area contributed by atoms with E-state index in [1.165, 1.54) is 6.07 Å². The summed E-state index contributed by atoms with van der Waals surface area (Å²) in [6.07, 6.45) is -9.92. The summed E-state index contributed by atoms with van der Waals surface area (Å²) in [6.45, 7) is 4.57. The molecule has 1 aliphatic rings. The number of fused-ring (bicyclic) bond motifs is 1. The molecule has 0 N–H and O–H groups in total. The second kappa shape index (κ2) is 7.93. The first-order valence-corrected chi connectivity index (χ1v) is 10.1. The molecule has 0 saturated carbocycles. The first-order valence-electron chi connectivity index (χ1n) is 10.1. The van der Waals surface area contributed by atoms with E-state index in [0.717, 1.165) is 11.1 Å². The molecule has 3 aromatic rings. The molecule has 0 spiro atoms. The topological polar surface area (TPSA) is 21.6 Å². The lowest BCUT2D eigenvalue weighted by Crippen LogP contribution is -2.30. The predicted octanol–water partition coefficient (Wildman–Crippen LogP) is 7.65. The van der Waals surface area contributed by atoms with Crippen molar-refractivity contribution in [2.45, 2.75) is 31.6 Å². The number of halogens is 6. The van der Waals surface area contributed by atoms with Gasteiger partial charge in [-0.3, -0.25) is 4.99 Å². The van der Waals surface area contributed by atoms with Crippen molar-refractivity contribution in [3.05, 3.63) is 94.5 Å². The van der Waals surface area contributed by atoms with Crippen LogP contribution in [0.3, 0.4) is 0 Å². The third-order valence-electron chi connectivity index (χ3n) is 5.47. The van der Waals surface area contributed by atoms with Crippen molar-refractivity contribution >= 4 is 5.71 Å². The fourth-order valence-electron chi connectivity index (χ4n) is 3.82. The second-order valence-corrected chi connectivity index (χ2v) is 8.43. The van der Waals surface area contributed by atoms with E-state index in [-0.39, 0.29) is 17.2 Å². The first kappa shape index (κ1) is 22.9. The van der Waals surface area contributed by atoms with Gasteiger partial charge in [0.15, 0.2) is 0 Å². The van der Waals surface area contributed by atoms with Crippen LogP contribution < -0.4 is 4.74 Å². The quantitative estimate of drug-likeness (QED) is 0.366. The van der Waals surface area contributed by atoms with Gasteiger partial charge < -0.3 is 4.74 Å². The number of aliphatic imine (C=N–C) groups is 1. The highest BCUT2D eigenvalue weighted by Crippen LogP contribution is 2.40. The Bertz CT molecular complexity index is 1190. The Morgan fingerprint density at radius 1 is 0.758 bits per heavy atom. The Balaban J connectivity index is 1.80. The molecule has 0 unspecified atom stereocenters. The maximum atomic E-state index is 13.2. The van der Waals surface area contributed by atoms with E-state index in [1.807, 2.05) is 24.3 Å². The predicted molar refractivity (Wildman–Crippen MR) is 113 cm³/mol. The monoisotopic (exact) mass is 463 g/mol. The average molecular weight is 463 g/mol. The Labute approximate surface area is 186 Å². The van der Waals surface area contributed by atoms with Crippen LogP contribution in [0.2, 0.25) is 0 Å². The standard InChI is InChI=1S/C25H19F6NO/c1-23(2)14-32-22(18-7-3-5-9-20(18)23)19-8-4-6-10-21(19)33-17-12-15(24(26,27)28)11-16(13-17)25(29,30)31/h3-13H,14H2,1-2H3. The normalized spacial score (nSPS) is 15.6. The molecule has 8 heteroatoms. The van der Waals surface area contributed by atoms with Gasteiger partial charge in [0, 0.05) is 23.1 Å². The third kappa shape index (κ3) is 4.60. The van der Waals surface area contributed by atoms with E-state index in [2.05, 4.69) is 18.8 Å². The molecule has 33 heavy (non-hydrogen) atoms. The fourth-order valence-corrected chi connectivity index (χ4v) is 3.82. The molecule has 172 valence electrons. The van der Waals surface area contributed by atoms with Crippen molar-refractivity contribution in [1.29, 1.82) is 0 Å². The summed E-state index contributed by atoms with van der Waals surface area (Å²) in [5, 5.41) is 0. The van der Waals surface area contributed by atoms with Gasteiger partial charge in [-0.15, -0.1) is 0 Å². The van der Waals surface area contributed by atoms with E-state index < -0.39 is 29.2 Å². The molecular formula is C25H19F6NO. The van der Waals surface area contributed by atoms with Crippen molar-refractivity contribution in [2.24, 2.45) is 4.99 Å². The zero-order valence-electron chi connectivity index (χ0n) is 17.7. The number of rotatable bonds is 3. The third-order valence-corrected chi connectivity index (χ3v) is 5.47. The van der Waals surface area contributed by atoms with Gasteiger partial charge in [0.1, 0.15) is 11.5 Å². The molecule has 0 saturated heterocycles. The minimum Gasteiger partial charge on any atom is -0.457 e. The van der Waals surface area contributed by atoms with Crippen molar-refractivity contribution in [3.63, 3.8) is 0 Å². The molecule has 1 heterocycles. The molecule has 4 rings (SSSR count). The van der Waals surface area contributed by atoms with Crippen molar-refractivity contribution < 1.29 is 31.1 Å². The molecule has 3 aromatic carbocycles. The van der Waals surface area contributed by atoms with Crippen LogP contribution in [-0.4, -0.2) is 12.3 Å². The van der Waals surface area contributed by atoms with E-state index in [1.54, 1.807) is 18.2 Å². The lowest BCUT2D eigenvalue weighted by atomic mass is 9.77. The minimum absolute atomic E-state index is 0.0717. The Morgan fingerprint density at radius 3 is 1.91 bits per heavy atom. The van der Waals surface area contributed by atoms with Crippen LogP contribution in [-0.2, 0) is 17.8 Å². The second-order valence-electron chi connectivity index (χ2n) is 8.43. The molecule has 0 fully saturated rings. The SMILES string of the molecule is CC1(C)CN=C(c2ccccc2Oc2cc(C(F)(F)F)cc(C(F)(F)F)c2)c2ccccc21. The number of para-hydroxylation sites is 1. The lowest BCUT2D eigenvalue weighted by Gasteiger charge is -2.31. The van der Waals surface area contributed by atoms with Gasteiger partial charge >= 0.3 is 12.4 Å². The highest BCUT2D eigenvalue weighted by Gasteiger charge is 2.37. The van der Waals surface area contributed by atoms with Gasteiger partial charge in [0.2, 0.25) is 0 Å². The summed E-state index contributed by atoms with van der Waals surface area (Å²) in [5.74, 6) is -0.451. The van der Waals surface area contributed by atoms with Gasteiger partial charge in [-0.25, -0.2) is 0 Å². The summed E-state index contributed by atoms with van der Waals surface area (Å²) in [6, 6.07) is 15.3. The van der Waals surface area contributed by atoms with Gasteiger partial charge in [-0.05, 0) is 35.9 Å². The summed E-state index contributed by atoms with van der Waals surface area (Å²) < 4.78 is 85.1. The molecule has 0 atom stereocenters. The smallest absolute Gasteiger partial charge is 0.416 e. The van der Waals surface area contributed by atoms with Crippen LogP contribution in [0.15, 0.2) is 71.7 Å². The van der Waals surface area contributed by atoms with Gasteiger partial charge in [-0.2, -0.15) is 26.3 Å². The maximum absolute atomic E-state index is 13.2. The summed E-state index contributed by atoms with van der Waals surface area (Å²) in [5.41, 5.74) is -0.166. The van der Waals surface area contributed by atoms with Crippen molar-refractivity contribution in [1.82, 2.24) is 0 Å². The molecule has 1 aliphatic heterocycles. The molecular weight excluding hydrogens is 444 g/mol. The Morgan fingerprint density at radius 2 is 1.30 bits per heavy atom. The van der Waals surface area contributed by atoms with Crippen LogP contribution in [0.25, 0.3) is 0 Å².